The molecule has 6 heteroatoms. The average molecular weight is 696 g/mol. The Hall–Kier alpha value is -6.89. The summed E-state index contributed by atoms with van der Waals surface area (Å²) in [5.41, 5.74) is 13.7. The van der Waals surface area contributed by atoms with E-state index in [1.807, 2.05) is 36.4 Å². The van der Waals surface area contributed by atoms with Crippen LogP contribution in [0.25, 0.3) is 100 Å². The molecule has 0 unspecified atom stereocenters. The van der Waals surface area contributed by atoms with Crippen LogP contribution in [0.3, 0.4) is 0 Å². The Kier molecular flexibility index (Phi) is 7.59. The summed E-state index contributed by atoms with van der Waals surface area (Å²) in [6.45, 7) is 0. The molecule has 248 valence electrons. The van der Waals surface area contributed by atoms with Gasteiger partial charge in [0.05, 0.1) is 34.3 Å². The van der Waals surface area contributed by atoms with E-state index in [1.54, 1.807) is 0 Å². The predicted octanol–water partition coefficient (Wildman–Crippen LogP) is 12.2. The second-order valence-corrected chi connectivity index (χ2v) is 13.5. The lowest BCUT2D eigenvalue weighted by molar-refractivity contribution is 1.18. The molecule has 0 aliphatic carbocycles. The van der Waals surface area contributed by atoms with Gasteiger partial charge in [-0.15, -0.1) is 0 Å². The van der Waals surface area contributed by atoms with Crippen LogP contribution in [-0.4, -0.2) is 23.7 Å². The first-order chi connectivity index (χ1) is 26.3. The van der Waals surface area contributed by atoms with Gasteiger partial charge in [0, 0.05) is 44.0 Å². The summed E-state index contributed by atoms with van der Waals surface area (Å²) >= 11 is 1.24. The van der Waals surface area contributed by atoms with Gasteiger partial charge in [-0.05, 0) is 41.0 Å². The van der Waals surface area contributed by atoms with Gasteiger partial charge >= 0.3 is 0 Å². The Balaban J connectivity index is 1.15. The maximum Gasteiger partial charge on any atom is 0.160 e. The van der Waals surface area contributed by atoms with E-state index in [9.17, 15) is 0 Å². The van der Waals surface area contributed by atoms with E-state index in [1.165, 1.54) is 17.3 Å². The zero-order valence-corrected chi connectivity index (χ0v) is 29.2. The molecular weight excluding hydrogens is 667 g/mol. The first-order valence-corrected chi connectivity index (χ1v) is 18.2. The molecule has 0 radical (unpaired) electrons. The molecule has 5 nitrogen and oxygen atoms in total. The van der Waals surface area contributed by atoms with Crippen LogP contribution in [-0.2, 0) is 0 Å². The molecule has 53 heavy (non-hydrogen) atoms. The molecule has 10 aromatic rings. The molecule has 0 spiro atoms. The molecule has 0 atom stereocenters. The highest BCUT2D eigenvalue weighted by molar-refractivity contribution is 7.00. The van der Waals surface area contributed by atoms with Crippen molar-refractivity contribution < 1.29 is 0 Å². The van der Waals surface area contributed by atoms with E-state index in [2.05, 4.69) is 140 Å². The van der Waals surface area contributed by atoms with Gasteiger partial charge in [-0.3, -0.25) is 0 Å². The highest BCUT2D eigenvalue weighted by Crippen LogP contribution is 2.41. The number of hydrogen-bond donors (Lipinski definition) is 0. The SMILES string of the molecule is c1ccc(-c2ccc(-c3nc(-c4ccccc4)cc(-c4cccc(-c5cc6c(-c7ccccc7)nc7ccccc7c6c6nsnc56)c4)n3)cc2)cc1. The van der Waals surface area contributed by atoms with Gasteiger partial charge in [-0.1, -0.05) is 152 Å². The fourth-order valence-corrected chi connectivity index (χ4v) is 7.74. The number of fused-ring (bicyclic) bond motifs is 5. The quantitative estimate of drug-likeness (QED) is 0.162. The number of hydrogen-bond acceptors (Lipinski definition) is 6. The third-order valence-electron chi connectivity index (χ3n) is 9.76. The molecular formula is C47H29N5S. The minimum atomic E-state index is 0.675. The van der Waals surface area contributed by atoms with Crippen LogP contribution in [0.2, 0.25) is 0 Å². The summed E-state index contributed by atoms with van der Waals surface area (Å²) in [6.07, 6.45) is 0. The third-order valence-corrected chi connectivity index (χ3v) is 10.3. The summed E-state index contributed by atoms with van der Waals surface area (Å²) in [6, 6.07) is 60.8. The standard InChI is InChI=1S/C47H29N5S/c1-4-13-30(14-5-1)31-23-25-34(26-24-31)47-49-41(32-15-6-2-7-16-32)29-42(50-47)36-20-12-19-35(27-36)38-28-39-43(46-45(38)51-53-52-46)37-21-10-11-22-40(37)48-44(39)33-17-8-3-9-18-33/h1-29H. The molecule has 0 amide bonds. The molecule has 10 rings (SSSR count). The second-order valence-electron chi connectivity index (χ2n) is 13.0. The lowest BCUT2D eigenvalue weighted by Crippen LogP contribution is -1.96. The fourth-order valence-electron chi connectivity index (χ4n) is 7.17. The smallest absolute Gasteiger partial charge is 0.160 e. The van der Waals surface area contributed by atoms with Crippen molar-refractivity contribution in [3.8, 4) is 67.4 Å². The minimum absolute atomic E-state index is 0.675. The molecule has 3 aromatic heterocycles. The Labute approximate surface area is 310 Å². The summed E-state index contributed by atoms with van der Waals surface area (Å²) in [5, 5.41) is 3.19. The number of rotatable bonds is 6. The van der Waals surface area contributed by atoms with Crippen molar-refractivity contribution in [2.45, 2.75) is 0 Å². The van der Waals surface area contributed by atoms with Crippen molar-refractivity contribution in [2.75, 3.05) is 0 Å². The Morgan fingerprint density at radius 2 is 0.925 bits per heavy atom. The summed E-state index contributed by atoms with van der Waals surface area (Å²) in [7, 11) is 0. The molecule has 0 bridgehead atoms. The van der Waals surface area contributed by atoms with Crippen molar-refractivity contribution >= 4 is 44.4 Å². The zero-order chi connectivity index (χ0) is 35.1. The molecule has 7 aromatic carbocycles. The van der Waals surface area contributed by atoms with E-state index in [4.69, 9.17) is 23.7 Å². The molecule has 0 fully saturated rings. The largest absolute Gasteiger partial charge is 0.247 e. The third kappa shape index (κ3) is 5.62. The van der Waals surface area contributed by atoms with Crippen LogP contribution < -0.4 is 0 Å². The van der Waals surface area contributed by atoms with E-state index in [0.717, 1.165) is 88.7 Å². The van der Waals surface area contributed by atoms with Crippen molar-refractivity contribution in [2.24, 2.45) is 0 Å². The Morgan fingerprint density at radius 1 is 0.358 bits per heavy atom. The van der Waals surface area contributed by atoms with Crippen molar-refractivity contribution in [1.29, 1.82) is 0 Å². The summed E-state index contributed by atoms with van der Waals surface area (Å²) in [5.74, 6) is 0.675. The number of nitrogens with zero attached hydrogens (tertiary/aromatic N) is 5. The van der Waals surface area contributed by atoms with Crippen LogP contribution in [0.1, 0.15) is 0 Å². The highest BCUT2D eigenvalue weighted by Gasteiger charge is 2.20. The maximum absolute atomic E-state index is 5.20. The lowest BCUT2D eigenvalue weighted by atomic mass is 9.93. The topological polar surface area (TPSA) is 64.5 Å². The Morgan fingerprint density at radius 3 is 1.68 bits per heavy atom. The summed E-state index contributed by atoms with van der Waals surface area (Å²) in [4.78, 5) is 15.5. The van der Waals surface area contributed by atoms with E-state index in [0.29, 0.717) is 5.82 Å². The van der Waals surface area contributed by atoms with Crippen LogP contribution in [0, 0.1) is 0 Å². The van der Waals surface area contributed by atoms with Crippen molar-refractivity contribution in [3.63, 3.8) is 0 Å². The van der Waals surface area contributed by atoms with Crippen LogP contribution in [0.5, 0.6) is 0 Å². The first kappa shape index (κ1) is 30.9. The van der Waals surface area contributed by atoms with Crippen LogP contribution >= 0.6 is 11.7 Å². The minimum Gasteiger partial charge on any atom is -0.247 e. The van der Waals surface area contributed by atoms with Crippen LogP contribution in [0.4, 0.5) is 0 Å². The van der Waals surface area contributed by atoms with Crippen molar-refractivity contribution in [3.05, 3.63) is 176 Å². The normalized spacial score (nSPS) is 11.4. The maximum atomic E-state index is 5.20. The van der Waals surface area contributed by atoms with Gasteiger partial charge in [0.25, 0.3) is 0 Å². The van der Waals surface area contributed by atoms with Crippen LogP contribution in [0.15, 0.2) is 176 Å². The van der Waals surface area contributed by atoms with Crippen molar-refractivity contribution in [1.82, 2.24) is 23.7 Å². The number of aromatic nitrogens is 5. The van der Waals surface area contributed by atoms with Gasteiger partial charge in [-0.2, -0.15) is 8.75 Å². The lowest BCUT2D eigenvalue weighted by Gasteiger charge is -2.14. The number of benzene rings is 7. The van der Waals surface area contributed by atoms with E-state index < -0.39 is 0 Å². The molecule has 3 heterocycles. The van der Waals surface area contributed by atoms with Gasteiger partial charge in [-0.25, -0.2) is 15.0 Å². The van der Waals surface area contributed by atoms with E-state index >= 15 is 0 Å². The number of pyridine rings is 1. The fraction of sp³-hybridized carbons (Fsp3) is 0. The Bertz CT molecular complexity index is 2930. The molecule has 0 saturated carbocycles. The summed E-state index contributed by atoms with van der Waals surface area (Å²) < 4.78 is 9.77. The van der Waals surface area contributed by atoms with Gasteiger partial charge in [0.2, 0.25) is 0 Å². The molecule has 0 aliphatic heterocycles. The molecule has 0 aliphatic rings. The first-order valence-electron chi connectivity index (χ1n) is 17.5. The second kappa shape index (κ2) is 13.0. The van der Waals surface area contributed by atoms with Gasteiger partial charge in [0.1, 0.15) is 11.0 Å². The van der Waals surface area contributed by atoms with E-state index in [-0.39, 0.29) is 0 Å². The van der Waals surface area contributed by atoms with Gasteiger partial charge in [0.15, 0.2) is 5.82 Å². The van der Waals surface area contributed by atoms with Gasteiger partial charge < -0.3 is 0 Å². The highest BCUT2D eigenvalue weighted by atomic mass is 32.1. The monoisotopic (exact) mass is 695 g/mol. The predicted molar refractivity (Wildman–Crippen MR) is 218 cm³/mol. The number of para-hydroxylation sites is 1. The molecule has 0 saturated heterocycles. The average Bonchev–Trinajstić information content (AvgIpc) is 3.74. The molecule has 0 N–H and O–H groups in total. The zero-order valence-electron chi connectivity index (χ0n) is 28.4.